The lowest BCUT2D eigenvalue weighted by Gasteiger charge is -2.20. The number of nitro benzene ring substituents is 1. The molecular weight excluding hydrogens is 352 g/mol. The molecule has 2 aliphatic rings. The van der Waals surface area contributed by atoms with Crippen molar-refractivity contribution in [2.45, 2.75) is 26.6 Å². The van der Waals surface area contributed by atoms with Crippen molar-refractivity contribution in [3.05, 3.63) is 62.7 Å². The highest BCUT2D eigenvalue weighted by Gasteiger charge is 2.21. The highest BCUT2D eigenvalue weighted by molar-refractivity contribution is 5.98. The van der Waals surface area contributed by atoms with Gasteiger partial charge in [-0.25, -0.2) is 0 Å². The van der Waals surface area contributed by atoms with Gasteiger partial charge >= 0.3 is 0 Å². The summed E-state index contributed by atoms with van der Waals surface area (Å²) in [6.45, 7) is 2.99. The second kappa shape index (κ2) is 7.24. The smallest absolute Gasteiger partial charge is 0.270 e. The predicted molar refractivity (Wildman–Crippen MR) is 96.0 cm³/mol. The normalized spacial score (nSPS) is 15.4. The lowest BCUT2D eigenvalue weighted by Crippen LogP contribution is -2.14. The molecule has 0 aromatic heterocycles. The number of fused-ring (bicyclic) bond motifs is 2. The van der Waals surface area contributed by atoms with Crippen molar-refractivity contribution >= 4 is 11.4 Å². The fraction of sp³-hybridized carbons (Fsp3) is 0.316. The van der Waals surface area contributed by atoms with Crippen molar-refractivity contribution in [1.29, 1.82) is 0 Å². The molecule has 0 aliphatic carbocycles. The van der Waals surface area contributed by atoms with Crippen LogP contribution in [-0.4, -0.2) is 24.0 Å². The zero-order chi connectivity index (χ0) is 18.8. The molecule has 8 heteroatoms. The van der Waals surface area contributed by atoms with Gasteiger partial charge in [0.25, 0.3) is 5.69 Å². The Kier molecular flexibility index (Phi) is 4.64. The van der Waals surface area contributed by atoms with Gasteiger partial charge < -0.3 is 19.0 Å². The SMILES string of the molecule is C/C(=N\OCc1cc([N+](=O)[O-])cc2c1OCOC2)c1ccc2c(c1)CCO2. The number of hydrogen-bond acceptors (Lipinski definition) is 7. The first-order chi connectivity index (χ1) is 13.1. The molecule has 2 aromatic rings. The molecule has 2 aromatic carbocycles. The zero-order valence-corrected chi connectivity index (χ0v) is 14.8. The van der Waals surface area contributed by atoms with Gasteiger partial charge in [0, 0.05) is 29.7 Å². The maximum absolute atomic E-state index is 11.1. The Morgan fingerprint density at radius 3 is 3.00 bits per heavy atom. The molecular formula is C19H18N2O6. The number of rotatable bonds is 5. The van der Waals surface area contributed by atoms with Crippen LogP contribution in [0.4, 0.5) is 5.69 Å². The molecule has 0 N–H and O–H groups in total. The van der Waals surface area contributed by atoms with Crippen LogP contribution in [0.3, 0.4) is 0 Å². The van der Waals surface area contributed by atoms with Gasteiger partial charge in [-0.1, -0.05) is 5.16 Å². The third-order valence-corrected chi connectivity index (χ3v) is 4.51. The number of benzene rings is 2. The van der Waals surface area contributed by atoms with Gasteiger partial charge in [0.15, 0.2) is 6.79 Å². The number of non-ortho nitro benzene ring substituents is 1. The van der Waals surface area contributed by atoms with Crippen LogP contribution in [0.25, 0.3) is 0 Å². The summed E-state index contributed by atoms with van der Waals surface area (Å²) in [5, 5.41) is 15.3. The molecule has 0 saturated carbocycles. The number of oxime groups is 1. The molecule has 0 atom stereocenters. The predicted octanol–water partition coefficient (Wildman–Crippen LogP) is 3.34. The summed E-state index contributed by atoms with van der Waals surface area (Å²) in [4.78, 5) is 16.2. The summed E-state index contributed by atoms with van der Waals surface area (Å²) in [5.74, 6) is 1.48. The summed E-state index contributed by atoms with van der Waals surface area (Å²) in [6, 6.07) is 8.81. The third-order valence-electron chi connectivity index (χ3n) is 4.51. The molecule has 0 fully saturated rings. The van der Waals surface area contributed by atoms with E-state index in [1.54, 1.807) is 0 Å². The Balaban J connectivity index is 1.52. The highest BCUT2D eigenvalue weighted by Crippen LogP contribution is 2.33. The second-order valence-electron chi connectivity index (χ2n) is 6.33. The lowest BCUT2D eigenvalue weighted by atomic mass is 10.1. The maximum atomic E-state index is 11.1. The average Bonchev–Trinajstić information content (AvgIpc) is 3.15. The minimum absolute atomic E-state index is 0.0271. The first-order valence-corrected chi connectivity index (χ1v) is 8.55. The van der Waals surface area contributed by atoms with E-state index in [-0.39, 0.29) is 25.7 Å². The van der Waals surface area contributed by atoms with E-state index in [2.05, 4.69) is 5.16 Å². The fourth-order valence-electron chi connectivity index (χ4n) is 3.16. The van der Waals surface area contributed by atoms with Crippen LogP contribution in [0.15, 0.2) is 35.5 Å². The molecule has 2 heterocycles. The zero-order valence-electron chi connectivity index (χ0n) is 14.8. The van der Waals surface area contributed by atoms with Gasteiger partial charge in [-0.2, -0.15) is 0 Å². The Bertz CT molecular complexity index is 925. The Morgan fingerprint density at radius 1 is 1.26 bits per heavy atom. The number of hydrogen-bond donors (Lipinski definition) is 0. The Labute approximate surface area is 155 Å². The topological polar surface area (TPSA) is 92.4 Å². The third kappa shape index (κ3) is 3.56. The van der Waals surface area contributed by atoms with Crippen molar-refractivity contribution < 1.29 is 24.0 Å². The van der Waals surface area contributed by atoms with Crippen molar-refractivity contribution in [2.75, 3.05) is 13.4 Å². The van der Waals surface area contributed by atoms with Crippen LogP contribution in [0.2, 0.25) is 0 Å². The first kappa shape index (κ1) is 17.3. The number of nitrogens with zero attached hydrogens (tertiary/aromatic N) is 2. The second-order valence-corrected chi connectivity index (χ2v) is 6.33. The molecule has 2 aliphatic heterocycles. The molecule has 0 bridgehead atoms. The first-order valence-electron chi connectivity index (χ1n) is 8.55. The molecule has 0 unspecified atom stereocenters. The van der Waals surface area contributed by atoms with Gasteiger partial charge in [0.2, 0.25) is 0 Å². The molecule has 0 amide bonds. The van der Waals surface area contributed by atoms with Crippen LogP contribution in [-0.2, 0) is 29.2 Å². The van der Waals surface area contributed by atoms with Crippen LogP contribution in [0.5, 0.6) is 11.5 Å². The molecule has 4 rings (SSSR count). The van der Waals surface area contributed by atoms with Crippen LogP contribution >= 0.6 is 0 Å². The van der Waals surface area contributed by atoms with Crippen LogP contribution in [0, 0.1) is 10.1 Å². The summed E-state index contributed by atoms with van der Waals surface area (Å²) in [7, 11) is 0. The van der Waals surface area contributed by atoms with Crippen molar-refractivity contribution in [3.8, 4) is 11.5 Å². The molecule has 8 nitrogen and oxygen atoms in total. The monoisotopic (exact) mass is 370 g/mol. The van der Waals surface area contributed by atoms with Crippen LogP contribution in [0.1, 0.15) is 29.2 Å². The van der Waals surface area contributed by atoms with E-state index in [0.717, 1.165) is 23.3 Å². The molecule has 0 saturated heterocycles. The van der Waals surface area contributed by atoms with E-state index in [0.29, 0.717) is 29.2 Å². The van der Waals surface area contributed by atoms with Gasteiger partial charge in [-0.3, -0.25) is 10.1 Å². The molecule has 27 heavy (non-hydrogen) atoms. The summed E-state index contributed by atoms with van der Waals surface area (Å²) >= 11 is 0. The lowest BCUT2D eigenvalue weighted by molar-refractivity contribution is -0.385. The molecule has 140 valence electrons. The highest BCUT2D eigenvalue weighted by atomic mass is 16.7. The van der Waals surface area contributed by atoms with E-state index in [9.17, 15) is 10.1 Å². The maximum Gasteiger partial charge on any atom is 0.270 e. The minimum Gasteiger partial charge on any atom is -0.493 e. The average molecular weight is 370 g/mol. The largest absolute Gasteiger partial charge is 0.493 e. The Morgan fingerprint density at radius 2 is 2.15 bits per heavy atom. The van der Waals surface area contributed by atoms with E-state index >= 15 is 0 Å². The summed E-state index contributed by atoms with van der Waals surface area (Å²) < 4.78 is 16.2. The van der Waals surface area contributed by atoms with Crippen molar-refractivity contribution in [1.82, 2.24) is 0 Å². The van der Waals surface area contributed by atoms with Crippen molar-refractivity contribution in [3.63, 3.8) is 0 Å². The van der Waals surface area contributed by atoms with E-state index in [1.165, 1.54) is 12.1 Å². The fourth-order valence-corrected chi connectivity index (χ4v) is 3.16. The van der Waals surface area contributed by atoms with Gasteiger partial charge in [-0.15, -0.1) is 0 Å². The van der Waals surface area contributed by atoms with E-state index in [4.69, 9.17) is 19.0 Å². The summed E-state index contributed by atoms with van der Waals surface area (Å²) in [5.41, 5.74) is 4.00. The number of ether oxygens (including phenoxy) is 3. The molecule has 0 spiro atoms. The van der Waals surface area contributed by atoms with Gasteiger partial charge in [0.05, 0.1) is 23.8 Å². The molecule has 0 radical (unpaired) electrons. The van der Waals surface area contributed by atoms with Gasteiger partial charge in [-0.05, 0) is 36.2 Å². The van der Waals surface area contributed by atoms with Gasteiger partial charge in [0.1, 0.15) is 18.1 Å². The minimum atomic E-state index is -0.445. The van der Waals surface area contributed by atoms with E-state index < -0.39 is 4.92 Å². The Hall–Kier alpha value is -3.13. The standard InChI is InChI=1S/C19H18N2O6/c1-12(13-2-3-18-14(6-13)4-5-25-18)20-27-10-16-8-17(21(22)23)7-15-9-24-11-26-19(15)16/h2-3,6-8H,4-5,9-11H2,1H3/b20-12+. The quantitative estimate of drug-likeness (QED) is 0.455. The van der Waals surface area contributed by atoms with Crippen molar-refractivity contribution in [2.24, 2.45) is 5.16 Å². The summed E-state index contributed by atoms with van der Waals surface area (Å²) in [6.07, 6.45) is 0.885. The number of nitro groups is 1. The van der Waals surface area contributed by atoms with Crippen LogP contribution < -0.4 is 9.47 Å². The van der Waals surface area contributed by atoms with E-state index in [1.807, 2.05) is 25.1 Å².